The van der Waals surface area contributed by atoms with Gasteiger partial charge in [-0.15, -0.1) is 0 Å². The molecule has 0 saturated heterocycles. The van der Waals surface area contributed by atoms with Crippen LogP contribution in [0.15, 0.2) is 0 Å². The fraction of sp³-hybridized carbons (Fsp3) is 0.111. The Balaban J connectivity index is -0.0000000255. The van der Waals surface area contributed by atoms with Crippen molar-refractivity contribution in [3.8, 4) is 0 Å². The summed E-state index contributed by atoms with van der Waals surface area (Å²) in [6.45, 7) is 30.8. The average Bonchev–Trinajstić information content (AvgIpc) is 3.39. The first kappa shape index (κ1) is 49.7. The van der Waals surface area contributed by atoms with E-state index in [1.807, 2.05) is 13.8 Å². The zero-order valence-electron chi connectivity index (χ0n) is 13.3. The van der Waals surface area contributed by atoms with Crippen molar-refractivity contribution in [2.45, 2.75) is 13.8 Å². The summed E-state index contributed by atoms with van der Waals surface area (Å²) >= 11 is 0. The molecule has 0 heterocycles. The molecule has 0 aliphatic rings. The Morgan fingerprint density at radius 1 is 0.423 bits per heavy atom. The number of rotatable bonds is 0. The fourth-order valence-corrected chi connectivity index (χ4v) is 0.562. The second-order valence-electron chi connectivity index (χ2n) is 2.25. The van der Waals surface area contributed by atoms with E-state index >= 15 is 0 Å². The largest absolute Gasteiger partial charge is 0 e. The van der Waals surface area contributed by atoms with E-state index in [4.69, 9.17) is 27.9 Å². The summed E-state index contributed by atoms with van der Waals surface area (Å²) in [6.07, 6.45) is 0. The van der Waals surface area contributed by atoms with Crippen molar-refractivity contribution >= 4 is 0 Å². The monoisotopic (exact) mass is 514 g/mol. The maximum atomic E-state index is 7.50. The second-order valence-corrected chi connectivity index (χ2v) is 2.25. The van der Waals surface area contributed by atoms with Crippen LogP contribution in [0.5, 0.6) is 0 Å². The summed E-state index contributed by atoms with van der Waals surface area (Å²) in [4.78, 5) is 0. The minimum Gasteiger partial charge on any atom is 0 e. The molecule has 0 atom stereocenters. The fourth-order valence-electron chi connectivity index (χ4n) is 0.562. The van der Waals surface area contributed by atoms with Crippen molar-refractivity contribution in [2.24, 2.45) is 0 Å². The van der Waals surface area contributed by atoms with Crippen LogP contribution in [0.3, 0.4) is 0 Å². The molecule has 6 nitrogen and oxygen atoms in total. The minimum absolute atomic E-state index is 0. The predicted molar refractivity (Wildman–Crippen MR) is 67.8 cm³/mol. The summed E-state index contributed by atoms with van der Waals surface area (Å²) in [5.74, 6) is 0. The average molecular weight is 510 g/mol. The van der Waals surface area contributed by atoms with E-state index in [-0.39, 0.29) is 42.1 Å². The first-order chi connectivity index (χ1) is 11.8. The summed E-state index contributed by atoms with van der Waals surface area (Å²) in [5, 5.41) is 0. The smallest absolute Gasteiger partial charge is 0 e. The molecule has 2 rings (SSSR count). The normalized spacial score (nSPS) is 4.54. The molecule has 0 unspecified atom stereocenters. The van der Waals surface area contributed by atoms with Crippen molar-refractivity contribution in [3.63, 3.8) is 0 Å². The molecule has 0 N–H and O–H groups in total. The van der Waals surface area contributed by atoms with Gasteiger partial charge in [0, 0.05) is 42.1 Å². The van der Waals surface area contributed by atoms with E-state index in [0.29, 0.717) is 0 Å². The van der Waals surface area contributed by atoms with Gasteiger partial charge in [0.1, 0.15) is 0 Å². The topological polar surface area (TPSA) is 119 Å². The van der Waals surface area contributed by atoms with Crippen LogP contribution in [0, 0.1) is 102 Å². The van der Waals surface area contributed by atoms with Crippen LogP contribution in [-0.4, -0.2) is 0 Å². The minimum atomic E-state index is 0. The van der Waals surface area contributed by atoms with Gasteiger partial charge in [0.15, 0.2) is 0 Å². The molecule has 0 fully saturated rings. The molecule has 2 aromatic carbocycles. The molecule has 0 spiro atoms. The molecular formula is C18H6Mo2O6-10. The van der Waals surface area contributed by atoms with Gasteiger partial charge >= 0.3 is 67.8 Å². The maximum Gasteiger partial charge on any atom is 0 e. The van der Waals surface area contributed by atoms with Gasteiger partial charge in [-0.1, -0.05) is 0 Å². The van der Waals surface area contributed by atoms with Gasteiger partial charge in [0.2, 0.25) is 0 Å². The zero-order valence-corrected chi connectivity index (χ0v) is 17.3. The van der Waals surface area contributed by atoms with Crippen LogP contribution in [0.4, 0.5) is 0 Å². The van der Waals surface area contributed by atoms with Crippen LogP contribution in [-0.2, 0) is 70.0 Å². The third-order valence-corrected chi connectivity index (χ3v) is 1.12. The van der Waals surface area contributed by atoms with Gasteiger partial charge in [0.25, 0.3) is 0 Å². The summed E-state index contributed by atoms with van der Waals surface area (Å²) in [5.41, 5.74) is 1.96. The molecule has 0 aliphatic heterocycles. The van der Waals surface area contributed by atoms with Gasteiger partial charge in [-0.25, -0.2) is 13.8 Å². The Kier molecular flexibility index (Phi) is 145. The summed E-state index contributed by atoms with van der Waals surface area (Å²) in [6, 6.07) is 21.6. The van der Waals surface area contributed by atoms with Crippen LogP contribution in [0.25, 0.3) is 0 Å². The standard InChI is InChI=1S/2C6H3.6CO.2Mo/c2*1-6-4-2-3-5-6;6*1-2;;/h2*1H3;;;;;;;;/q2*-5;;;;;;;;. The maximum absolute atomic E-state index is 7.50. The van der Waals surface area contributed by atoms with E-state index in [9.17, 15) is 0 Å². The SMILES string of the molecule is C[c-]1[c-][c-][c-][c-]1.C[c-]1[c-][c-][c-][c-]1.[C-]#[O+].[C-]#[O+].[C-]#[O+].[C-]#[O+].[C-]#[O+].[C-]#[O+].[Mo].[Mo]. The van der Waals surface area contributed by atoms with Gasteiger partial charge in [-0.2, -0.15) is 0 Å². The van der Waals surface area contributed by atoms with Gasteiger partial charge < -0.3 is 59.7 Å². The van der Waals surface area contributed by atoms with E-state index in [1.54, 1.807) is 0 Å². The summed E-state index contributed by atoms with van der Waals surface area (Å²) in [7, 11) is 0. The van der Waals surface area contributed by atoms with Gasteiger partial charge in [-0.05, 0) is 0 Å². The van der Waals surface area contributed by atoms with Crippen LogP contribution < -0.4 is 0 Å². The molecule has 8 heteroatoms. The van der Waals surface area contributed by atoms with Crippen LogP contribution in [0.2, 0.25) is 0 Å². The Bertz CT molecular complexity index is 439. The molecule has 0 aromatic heterocycles. The van der Waals surface area contributed by atoms with E-state index < -0.39 is 0 Å². The van der Waals surface area contributed by atoms with Crippen LogP contribution in [0.1, 0.15) is 11.1 Å². The van der Waals surface area contributed by atoms with Gasteiger partial charge in [-0.3, -0.25) is 0 Å². The molecule has 2 aromatic rings. The van der Waals surface area contributed by atoms with Crippen molar-refractivity contribution < 1.29 is 70.0 Å². The van der Waals surface area contributed by atoms with E-state index in [0.717, 1.165) is 11.1 Å². The molecule has 0 aliphatic carbocycles. The molecule has 0 saturated carbocycles. The Morgan fingerprint density at radius 3 is 0.577 bits per heavy atom. The molecule has 0 bridgehead atoms. The third-order valence-electron chi connectivity index (χ3n) is 1.12. The van der Waals surface area contributed by atoms with E-state index in [2.05, 4.69) is 88.4 Å². The quantitative estimate of drug-likeness (QED) is 0.291. The first-order valence-electron chi connectivity index (χ1n) is 4.72. The third kappa shape index (κ3) is 66.5. The molecule has 136 valence electrons. The Labute approximate surface area is 182 Å². The van der Waals surface area contributed by atoms with Crippen molar-refractivity contribution in [1.82, 2.24) is 0 Å². The van der Waals surface area contributed by atoms with Crippen molar-refractivity contribution in [3.05, 3.63) is 99.6 Å². The van der Waals surface area contributed by atoms with Gasteiger partial charge in [0.05, 0.1) is 0 Å². The second kappa shape index (κ2) is 76.1. The molecule has 26 heavy (non-hydrogen) atoms. The molecule has 0 amide bonds. The first-order valence-corrected chi connectivity index (χ1v) is 4.72. The van der Waals surface area contributed by atoms with E-state index in [1.165, 1.54) is 0 Å². The zero-order chi connectivity index (χ0) is 20.8. The predicted octanol–water partition coefficient (Wildman–Crippen LogP) is 1.60. The van der Waals surface area contributed by atoms with Crippen LogP contribution >= 0.6 is 0 Å². The van der Waals surface area contributed by atoms with Crippen molar-refractivity contribution in [1.29, 1.82) is 0 Å². The summed E-state index contributed by atoms with van der Waals surface area (Å²) < 4.78 is 45.0. The molecule has 0 radical (unpaired) electrons. The number of aryl methyl sites for hydroxylation is 2. The molecular weight excluding hydrogens is 504 g/mol. The number of hydrogen-bond donors (Lipinski definition) is 0. The van der Waals surface area contributed by atoms with Crippen molar-refractivity contribution in [2.75, 3.05) is 0 Å². The Morgan fingerprint density at radius 2 is 0.538 bits per heavy atom. The Hall–Kier alpha value is -1.48. The number of hydrogen-bond acceptors (Lipinski definition) is 0.